The van der Waals surface area contributed by atoms with Gasteiger partial charge >= 0.3 is 12.1 Å². The van der Waals surface area contributed by atoms with Gasteiger partial charge < -0.3 is 14.8 Å². The normalized spacial score (nSPS) is 18.1. The number of hydrogen-bond donors (Lipinski definition) is 2. The van der Waals surface area contributed by atoms with E-state index in [-0.39, 0.29) is 24.3 Å². The summed E-state index contributed by atoms with van der Waals surface area (Å²) in [5.74, 6) is 0.997. The molecule has 4 aromatic heterocycles. The van der Waals surface area contributed by atoms with Gasteiger partial charge in [0.15, 0.2) is 0 Å². The van der Waals surface area contributed by atoms with Crippen LogP contribution in [0.2, 0.25) is 0 Å². The Morgan fingerprint density at radius 1 is 1.00 bits per heavy atom. The first-order chi connectivity index (χ1) is 20.5. The molecule has 214 valence electrons. The zero-order valence-electron chi connectivity index (χ0n) is 23.3. The highest BCUT2D eigenvalue weighted by Crippen LogP contribution is 2.32. The number of aryl methyl sites for hydroxylation is 1. The Bertz CT molecular complexity index is 1590. The minimum atomic E-state index is -0.364. The van der Waals surface area contributed by atoms with Crippen LogP contribution in [0.3, 0.4) is 0 Å². The van der Waals surface area contributed by atoms with Crippen molar-refractivity contribution in [2.75, 3.05) is 17.3 Å². The van der Waals surface area contributed by atoms with Gasteiger partial charge in [0.1, 0.15) is 23.7 Å². The standard InChI is InChI=1S/C29H30N10O3/c1-17-12-35-38-25(17)26-19(11-30)14-32-27(37-26)36-21-4-6-22(7-5-21)39(29(40)42-23-8-9-23)24-10-3-18(13-31-24)20-15-33-28(41-2)34-16-20/h3,10,12-16,21-23H,4-9H2,1-2H3,(H,35,38)(H,32,36,37). The summed E-state index contributed by atoms with van der Waals surface area (Å²) in [5, 5.41) is 19.9. The quantitative estimate of drug-likeness (QED) is 0.309. The highest BCUT2D eigenvalue weighted by Gasteiger charge is 2.35. The molecule has 0 unspecified atom stereocenters. The Labute approximate surface area is 242 Å². The number of amides is 1. The van der Waals surface area contributed by atoms with Crippen molar-refractivity contribution in [3.63, 3.8) is 0 Å². The molecule has 2 aliphatic rings. The molecule has 4 heterocycles. The molecule has 13 nitrogen and oxygen atoms in total. The number of rotatable bonds is 8. The van der Waals surface area contributed by atoms with Crippen LogP contribution in [-0.4, -0.2) is 66.5 Å². The van der Waals surface area contributed by atoms with Gasteiger partial charge in [-0.15, -0.1) is 0 Å². The number of nitriles is 1. The minimum absolute atomic E-state index is 0.0186. The summed E-state index contributed by atoms with van der Waals surface area (Å²) in [6, 6.07) is 6.22. The number of aromatic nitrogens is 7. The lowest BCUT2D eigenvalue weighted by Gasteiger charge is -2.36. The number of nitrogens with one attached hydrogen (secondary N) is 2. The lowest BCUT2D eigenvalue weighted by atomic mass is 9.90. The number of H-pyrrole nitrogens is 1. The predicted molar refractivity (Wildman–Crippen MR) is 153 cm³/mol. The summed E-state index contributed by atoms with van der Waals surface area (Å²) < 4.78 is 10.8. The van der Waals surface area contributed by atoms with Crippen molar-refractivity contribution in [1.82, 2.24) is 35.1 Å². The number of hydrogen-bond acceptors (Lipinski definition) is 11. The number of pyridine rings is 1. The molecule has 0 atom stereocenters. The summed E-state index contributed by atoms with van der Waals surface area (Å²) in [4.78, 5) is 36.9. The molecule has 0 aliphatic heterocycles. The van der Waals surface area contributed by atoms with Gasteiger partial charge in [0.25, 0.3) is 0 Å². The highest BCUT2D eigenvalue weighted by atomic mass is 16.6. The van der Waals surface area contributed by atoms with Crippen LogP contribution in [-0.2, 0) is 4.74 Å². The summed E-state index contributed by atoms with van der Waals surface area (Å²) in [6.07, 6.45) is 12.8. The van der Waals surface area contributed by atoms with E-state index in [1.54, 1.807) is 29.7 Å². The zero-order valence-corrected chi connectivity index (χ0v) is 23.3. The first kappa shape index (κ1) is 27.1. The van der Waals surface area contributed by atoms with Gasteiger partial charge in [-0.1, -0.05) is 0 Å². The average Bonchev–Trinajstić information content (AvgIpc) is 3.74. The molecule has 42 heavy (non-hydrogen) atoms. The third-order valence-corrected chi connectivity index (χ3v) is 7.50. The van der Waals surface area contributed by atoms with E-state index in [0.29, 0.717) is 34.7 Å². The fourth-order valence-electron chi connectivity index (χ4n) is 5.06. The van der Waals surface area contributed by atoms with Crippen LogP contribution in [0.25, 0.3) is 22.5 Å². The number of carbonyl (C=O) groups excluding carboxylic acids is 1. The van der Waals surface area contributed by atoms with Crippen molar-refractivity contribution in [2.24, 2.45) is 0 Å². The maximum Gasteiger partial charge on any atom is 0.416 e. The largest absolute Gasteiger partial charge is 0.467 e. The molecular formula is C29H30N10O3. The fraction of sp³-hybridized carbons (Fsp3) is 0.379. The van der Waals surface area contributed by atoms with E-state index in [9.17, 15) is 10.1 Å². The van der Waals surface area contributed by atoms with E-state index < -0.39 is 0 Å². The van der Waals surface area contributed by atoms with Crippen molar-refractivity contribution in [3.05, 3.63) is 54.2 Å². The molecule has 2 N–H and O–H groups in total. The molecule has 13 heteroatoms. The van der Waals surface area contributed by atoms with Crippen LogP contribution in [0.5, 0.6) is 6.01 Å². The van der Waals surface area contributed by atoms with Crippen molar-refractivity contribution >= 4 is 17.9 Å². The van der Waals surface area contributed by atoms with Crippen LogP contribution in [0.1, 0.15) is 49.7 Å². The summed E-state index contributed by atoms with van der Waals surface area (Å²) in [5.41, 5.74) is 4.11. The molecule has 0 spiro atoms. The lowest BCUT2D eigenvalue weighted by molar-refractivity contribution is 0.141. The smallest absolute Gasteiger partial charge is 0.416 e. The number of aromatic amines is 1. The second kappa shape index (κ2) is 11.8. The third kappa shape index (κ3) is 5.83. The first-order valence-electron chi connectivity index (χ1n) is 13.9. The van der Waals surface area contributed by atoms with Gasteiger partial charge in [-0.2, -0.15) is 10.4 Å². The zero-order chi connectivity index (χ0) is 29.1. The molecule has 1 amide bonds. The summed E-state index contributed by atoms with van der Waals surface area (Å²) >= 11 is 0. The van der Waals surface area contributed by atoms with Crippen LogP contribution < -0.4 is 15.0 Å². The molecule has 0 bridgehead atoms. The molecular weight excluding hydrogens is 536 g/mol. The summed E-state index contributed by atoms with van der Waals surface area (Å²) in [7, 11) is 1.52. The van der Waals surface area contributed by atoms with Crippen molar-refractivity contribution in [1.29, 1.82) is 5.26 Å². The van der Waals surface area contributed by atoms with Crippen LogP contribution >= 0.6 is 0 Å². The van der Waals surface area contributed by atoms with Crippen molar-refractivity contribution < 1.29 is 14.3 Å². The number of anilines is 2. The van der Waals surface area contributed by atoms with E-state index in [1.165, 1.54) is 13.3 Å². The number of methoxy groups -OCH3 is 1. The van der Waals surface area contributed by atoms with Crippen LogP contribution in [0.4, 0.5) is 16.6 Å². The van der Waals surface area contributed by atoms with Gasteiger partial charge in [0.2, 0.25) is 5.95 Å². The molecule has 0 saturated heterocycles. The van der Waals surface area contributed by atoms with Crippen molar-refractivity contribution in [2.45, 2.75) is 63.6 Å². The van der Waals surface area contributed by atoms with Gasteiger partial charge in [-0.25, -0.2) is 29.7 Å². The SMILES string of the molecule is COc1ncc(-c2ccc(N(C(=O)OC3CC3)C3CCC(Nc4ncc(C#N)c(-c5[nH]ncc5C)n4)CC3)nc2)cn1. The summed E-state index contributed by atoms with van der Waals surface area (Å²) in [6.45, 7) is 1.91. The molecule has 6 rings (SSSR count). The van der Waals surface area contributed by atoms with E-state index in [4.69, 9.17) is 9.47 Å². The Kier molecular flexibility index (Phi) is 7.59. The molecule has 2 fully saturated rings. The molecule has 0 radical (unpaired) electrons. The van der Waals surface area contributed by atoms with E-state index in [2.05, 4.69) is 46.5 Å². The van der Waals surface area contributed by atoms with Gasteiger partial charge in [0, 0.05) is 41.8 Å². The van der Waals surface area contributed by atoms with Crippen LogP contribution in [0.15, 0.2) is 43.1 Å². The molecule has 2 aliphatic carbocycles. The molecule has 2 saturated carbocycles. The number of carbonyl (C=O) groups is 1. The Morgan fingerprint density at radius 3 is 2.38 bits per heavy atom. The van der Waals surface area contributed by atoms with E-state index in [0.717, 1.165) is 55.2 Å². The van der Waals surface area contributed by atoms with Crippen LogP contribution in [0, 0.1) is 18.3 Å². The molecule has 4 aromatic rings. The Hall–Kier alpha value is -5.12. The lowest BCUT2D eigenvalue weighted by Crippen LogP contribution is -2.45. The topological polar surface area (TPSA) is 168 Å². The van der Waals surface area contributed by atoms with E-state index >= 15 is 0 Å². The van der Waals surface area contributed by atoms with Gasteiger partial charge in [-0.05, 0) is 63.1 Å². The van der Waals surface area contributed by atoms with Crippen molar-refractivity contribution in [3.8, 4) is 34.6 Å². The predicted octanol–water partition coefficient (Wildman–Crippen LogP) is 4.44. The highest BCUT2D eigenvalue weighted by molar-refractivity contribution is 5.87. The first-order valence-corrected chi connectivity index (χ1v) is 13.9. The van der Waals surface area contributed by atoms with E-state index in [1.807, 2.05) is 19.1 Å². The Balaban J connectivity index is 1.15. The maximum atomic E-state index is 13.3. The second-order valence-corrected chi connectivity index (χ2v) is 10.5. The second-order valence-electron chi connectivity index (χ2n) is 10.5. The molecule has 0 aromatic carbocycles. The number of nitrogens with zero attached hydrogens (tertiary/aromatic N) is 8. The minimum Gasteiger partial charge on any atom is -0.467 e. The fourth-order valence-corrected chi connectivity index (χ4v) is 5.06. The number of ether oxygens (including phenoxy) is 2. The Morgan fingerprint density at radius 2 is 1.76 bits per heavy atom. The van der Waals surface area contributed by atoms with Gasteiger partial charge in [0.05, 0.1) is 30.8 Å². The van der Waals surface area contributed by atoms with Gasteiger partial charge in [-0.3, -0.25) is 10.00 Å². The maximum absolute atomic E-state index is 13.3. The average molecular weight is 567 g/mol. The third-order valence-electron chi connectivity index (χ3n) is 7.50. The monoisotopic (exact) mass is 566 g/mol.